The van der Waals surface area contributed by atoms with Crippen molar-refractivity contribution in [3.63, 3.8) is 0 Å². The van der Waals surface area contributed by atoms with Crippen LogP contribution in [-0.2, 0) is 4.79 Å². The van der Waals surface area contributed by atoms with Gasteiger partial charge in [-0.05, 0) is 17.5 Å². The van der Waals surface area contributed by atoms with E-state index in [0.717, 1.165) is 0 Å². The number of hydrogen-bond acceptors (Lipinski definition) is 2. The first kappa shape index (κ1) is 17.9. The Kier molecular flexibility index (Phi) is 5.73. The molecule has 0 saturated heterocycles. The average molecular weight is 354 g/mol. The largest absolute Gasteiger partial charge is 0.480 e. The number of carbonyl (C=O) groups excluding carboxylic acids is 1. The van der Waals surface area contributed by atoms with Crippen molar-refractivity contribution in [3.05, 3.63) is 27.2 Å². The van der Waals surface area contributed by atoms with Gasteiger partial charge < -0.3 is 15.7 Å². The molecule has 3 N–H and O–H groups in total. The summed E-state index contributed by atoms with van der Waals surface area (Å²) in [6.45, 7) is 5.12. The molecule has 0 saturated carbocycles. The second-order valence-electron chi connectivity index (χ2n) is 5.48. The van der Waals surface area contributed by atoms with Crippen molar-refractivity contribution in [3.8, 4) is 0 Å². The molecule has 0 aromatic heterocycles. The molecule has 116 valence electrons. The fourth-order valence-corrected chi connectivity index (χ4v) is 2.15. The minimum absolute atomic E-state index is 0.196. The van der Waals surface area contributed by atoms with Crippen LogP contribution in [-0.4, -0.2) is 23.1 Å². The van der Waals surface area contributed by atoms with Crippen LogP contribution in [0.5, 0.6) is 0 Å². The van der Waals surface area contributed by atoms with Crippen LogP contribution in [0.25, 0.3) is 0 Å². The molecular weight excluding hydrogens is 339 g/mol. The predicted octanol–water partition coefficient (Wildman–Crippen LogP) is 4.27. The molecule has 5 nitrogen and oxygen atoms in total. The van der Waals surface area contributed by atoms with Crippen molar-refractivity contribution in [2.45, 2.75) is 26.8 Å². The maximum absolute atomic E-state index is 11.9. The molecule has 0 aliphatic heterocycles. The van der Waals surface area contributed by atoms with Gasteiger partial charge in [0.2, 0.25) is 0 Å². The Balaban J connectivity index is 2.87. The number of urea groups is 1. The van der Waals surface area contributed by atoms with Gasteiger partial charge in [-0.2, -0.15) is 0 Å². The Bertz CT molecular complexity index is 571. The molecule has 0 fully saturated rings. The summed E-state index contributed by atoms with van der Waals surface area (Å²) in [5, 5.41) is 14.7. The molecule has 1 aromatic carbocycles. The van der Waals surface area contributed by atoms with E-state index in [4.69, 9.17) is 39.9 Å². The lowest BCUT2D eigenvalue weighted by molar-refractivity contribution is -0.141. The fraction of sp³-hybridized carbons (Fsp3) is 0.385. The zero-order valence-corrected chi connectivity index (χ0v) is 13.9. The lowest BCUT2D eigenvalue weighted by atomic mass is 9.87. The molecule has 0 bridgehead atoms. The number of rotatable bonds is 3. The highest BCUT2D eigenvalue weighted by molar-refractivity contribution is 6.44. The fourth-order valence-electron chi connectivity index (χ4n) is 1.56. The van der Waals surface area contributed by atoms with Gasteiger partial charge in [0.25, 0.3) is 0 Å². The second-order valence-corrected chi connectivity index (χ2v) is 6.70. The molecule has 0 aliphatic rings. The zero-order chi connectivity index (χ0) is 16.4. The summed E-state index contributed by atoms with van der Waals surface area (Å²) >= 11 is 17.6. The summed E-state index contributed by atoms with van der Waals surface area (Å²) in [7, 11) is 0. The molecule has 0 heterocycles. The number of nitrogens with one attached hydrogen (secondary N) is 2. The highest BCUT2D eigenvalue weighted by Gasteiger charge is 2.32. The van der Waals surface area contributed by atoms with Gasteiger partial charge >= 0.3 is 12.0 Å². The Morgan fingerprint density at radius 1 is 1.10 bits per heavy atom. The SMILES string of the molecule is CC(C)(C)C(NC(=O)Nc1cc(Cl)c(Cl)cc1Cl)C(=O)O. The third kappa shape index (κ3) is 4.95. The van der Waals surface area contributed by atoms with E-state index in [1.807, 2.05) is 0 Å². The van der Waals surface area contributed by atoms with Crippen molar-refractivity contribution in [2.75, 3.05) is 5.32 Å². The van der Waals surface area contributed by atoms with Crippen molar-refractivity contribution in [1.29, 1.82) is 0 Å². The standard InChI is InChI=1S/C13H15Cl3N2O3/c1-13(2,3)10(11(19)20)18-12(21)17-9-5-7(15)6(14)4-8(9)16/h4-5,10H,1-3H3,(H,19,20)(H2,17,18,21). The molecule has 21 heavy (non-hydrogen) atoms. The first-order valence-electron chi connectivity index (χ1n) is 5.97. The molecular formula is C13H15Cl3N2O3. The Morgan fingerprint density at radius 2 is 1.62 bits per heavy atom. The molecule has 1 aromatic rings. The van der Waals surface area contributed by atoms with Crippen molar-refractivity contribution in [2.24, 2.45) is 5.41 Å². The molecule has 1 atom stereocenters. The lowest BCUT2D eigenvalue weighted by Gasteiger charge is -2.27. The highest BCUT2D eigenvalue weighted by Crippen LogP contribution is 2.32. The van der Waals surface area contributed by atoms with E-state index in [1.54, 1.807) is 20.8 Å². The van der Waals surface area contributed by atoms with Gasteiger partial charge in [0.05, 0.1) is 20.8 Å². The Hall–Kier alpha value is -1.17. The number of hydrogen-bond donors (Lipinski definition) is 3. The smallest absolute Gasteiger partial charge is 0.326 e. The van der Waals surface area contributed by atoms with E-state index >= 15 is 0 Å². The Labute approximate surface area is 137 Å². The van der Waals surface area contributed by atoms with Gasteiger partial charge in [0, 0.05) is 0 Å². The molecule has 0 aliphatic carbocycles. The van der Waals surface area contributed by atoms with Crippen LogP contribution in [0.1, 0.15) is 20.8 Å². The van der Waals surface area contributed by atoms with Crippen LogP contribution in [0.2, 0.25) is 15.1 Å². The Morgan fingerprint density at radius 3 is 2.10 bits per heavy atom. The van der Waals surface area contributed by atoms with E-state index in [2.05, 4.69) is 10.6 Å². The highest BCUT2D eigenvalue weighted by atomic mass is 35.5. The van der Waals surface area contributed by atoms with Gasteiger partial charge in [0.15, 0.2) is 0 Å². The lowest BCUT2D eigenvalue weighted by Crippen LogP contribution is -2.50. The van der Waals surface area contributed by atoms with Crippen molar-refractivity contribution < 1.29 is 14.7 Å². The normalized spacial score (nSPS) is 12.7. The van der Waals surface area contributed by atoms with Crippen LogP contribution in [0.3, 0.4) is 0 Å². The maximum atomic E-state index is 11.9. The predicted molar refractivity (Wildman–Crippen MR) is 84.5 cm³/mol. The molecule has 0 radical (unpaired) electrons. The van der Waals surface area contributed by atoms with Gasteiger partial charge in [-0.15, -0.1) is 0 Å². The number of amides is 2. The van der Waals surface area contributed by atoms with Gasteiger partial charge in [-0.1, -0.05) is 55.6 Å². The minimum atomic E-state index is -1.13. The van der Waals surface area contributed by atoms with Crippen LogP contribution in [0.4, 0.5) is 10.5 Å². The third-order valence-corrected chi connectivity index (χ3v) is 3.68. The van der Waals surface area contributed by atoms with Crippen LogP contribution in [0.15, 0.2) is 12.1 Å². The summed E-state index contributed by atoms with van der Waals surface area (Å²) in [5.41, 5.74) is -0.411. The summed E-state index contributed by atoms with van der Waals surface area (Å²) < 4.78 is 0. The third-order valence-electron chi connectivity index (χ3n) is 2.65. The number of carboxylic acid groups (broad SMARTS) is 1. The summed E-state index contributed by atoms with van der Waals surface area (Å²) in [4.78, 5) is 23.1. The van der Waals surface area contributed by atoms with E-state index in [1.165, 1.54) is 12.1 Å². The van der Waals surface area contributed by atoms with Crippen molar-refractivity contribution >= 4 is 52.5 Å². The number of benzene rings is 1. The van der Waals surface area contributed by atoms with Crippen LogP contribution < -0.4 is 10.6 Å². The van der Waals surface area contributed by atoms with Crippen LogP contribution >= 0.6 is 34.8 Å². The molecule has 0 spiro atoms. The maximum Gasteiger partial charge on any atom is 0.326 e. The summed E-state index contributed by atoms with van der Waals surface area (Å²) in [6, 6.07) is 1.02. The summed E-state index contributed by atoms with van der Waals surface area (Å²) in [5.74, 6) is -1.13. The van der Waals surface area contributed by atoms with Gasteiger partial charge in [-0.25, -0.2) is 9.59 Å². The second kappa shape index (κ2) is 6.73. The van der Waals surface area contributed by atoms with Gasteiger partial charge in [-0.3, -0.25) is 0 Å². The summed E-state index contributed by atoms with van der Waals surface area (Å²) in [6.07, 6.45) is 0. The first-order valence-corrected chi connectivity index (χ1v) is 7.10. The van der Waals surface area contributed by atoms with Gasteiger partial charge in [0.1, 0.15) is 6.04 Å². The van der Waals surface area contributed by atoms with E-state index in [-0.39, 0.29) is 20.8 Å². The van der Waals surface area contributed by atoms with Crippen LogP contribution in [0, 0.1) is 5.41 Å². The van der Waals surface area contributed by atoms with Crippen molar-refractivity contribution in [1.82, 2.24) is 5.32 Å². The number of carboxylic acids is 1. The quantitative estimate of drug-likeness (QED) is 0.710. The average Bonchev–Trinajstić information content (AvgIpc) is 2.31. The number of carbonyl (C=O) groups is 2. The first-order chi connectivity index (χ1) is 9.52. The molecule has 2 amide bonds. The molecule has 1 unspecified atom stereocenters. The molecule has 1 rings (SSSR count). The number of aliphatic carboxylic acids is 1. The number of anilines is 1. The number of halogens is 3. The van der Waals surface area contributed by atoms with E-state index in [0.29, 0.717) is 0 Å². The monoisotopic (exact) mass is 352 g/mol. The minimum Gasteiger partial charge on any atom is -0.480 e. The van der Waals surface area contributed by atoms with E-state index in [9.17, 15) is 9.59 Å². The van der Waals surface area contributed by atoms with E-state index < -0.39 is 23.5 Å². The molecule has 8 heteroatoms. The zero-order valence-electron chi connectivity index (χ0n) is 11.6. The topological polar surface area (TPSA) is 78.4 Å².